The van der Waals surface area contributed by atoms with Crippen LogP contribution in [0.4, 0.5) is 5.69 Å². The Morgan fingerprint density at radius 1 is 1.12 bits per heavy atom. The molecular weight excluding hydrogens is 324 g/mol. The number of carbonyl (C=O) groups excluding carboxylic acids is 1. The molecule has 0 aliphatic heterocycles. The van der Waals surface area contributed by atoms with E-state index in [0.29, 0.717) is 15.9 Å². The van der Waals surface area contributed by atoms with Gasteiger partial charge in [0.15, 0.2) is 0 Å². The van der Waals surface area contributed by atoms with Crippen molar-refractivity contribution in [1.82, 2.24) is 14.5 Å². The van der Waals surface area contributed by atoms with E-state index in [2.05, 4.69) is 15.3 Å². The molecule has 24 heavy (non-hydrogen) atoms. The highest BCUT2D eigenvalue weighted by Crippen LogP contribution is 2.27. The Kier molecular flexibility index (Phi) is 3.55. The highest BCUT2D eigenvalue weighted by Gasteiger charge is 2.13. The first kappa shape index (κ1) is 14.5. The van der Waals surface area contributed by atoms with Crippen LogP contribution in [0.15, 0.2) is 59.8 Å². The number of rotatable bonds is 3. The molecule has 4 rings (SSSR count). The van der Waals surface area contributed by atoms with Crippen LogP contribution in [0.1, 0.15) is 0 Å². The molecule has 0 bridgehead atoms. The van der Waals surface area contributed by atoms with E-state index in [-0.39, 0.29) is 18.0 Å². The van der Waals surface area contributed by atoms with Gasteiger partial charge in [-0.2, -0.15) is 0 Å². The Bertz CT molecular complexity index is 1100. The largest absolute Gasteiger partial charge is 0.325 e. The second-order valence-electron chi connectivity index (χ2n) is 5.23. The molecule has 0 aliphatic rings. The molecule has 3 aromatic heterocycles. The predicted octanol–water partition coefficient (Wildman–Crippen LogP) is 2.64. The van der Waals surface area contributed by atoms with E-state index in [1.165, 1.54) is 22.2 Å². The Morgan fingerprint density at radius 3 is 2.79 bits per heavy atom. The Hall–Kier alpha value is -3.06. The summed E-state index contributed by atoms with van der Waals surface area (Å²) in [6.45, 7) is -0.0850. The van der Waals surface area contributed by atoms with Gasteiger partial charge in [-0.15, -0.1) is 11.3 Å². The van der Waals surface area contributed by atoms with E-state index in [4.69, 9.17) is 0 Å². The number of hydrogen-bond donors (Lipinski definition) is 1. The smallest absolute Gasteiger partial charge is 0.271 e. The first-order chi connectivity index (χ1) is 11.7. The molecule has 0 atom stereocenters. The van der Waals surface area contributed by atoms with Crippen LogP contribution in [-0.2, 0) is 11.3 Å². The maximum atomic E-state index is 12.6. The number of hydrogen-bond acceptors (Lipinski definition) is 5. The maximum Gasteiger partial charge on any atom is 0.271 e. The van der Waals surface area contributed by atoms with Gasteiger partial charge < -0.3 is 5.32 Å². The van der Waals surface area contributed by atoms with Gasteiger partial charge in [0.2, 0.25) is 5.91 Å². The number of nitrogens with zero attached hydrogens (tertiary/aromatic N) is 3. The number of fused-ring (bicyclic) bond motifs is 3. The summed E-state index contributed by atoms with van der Waals surface area (Å²) in [5.41, 5.74) is 1.09. The Balaban J connectivity index is 1.67. The quantitative estimate of drug-likeness (QED) is 0.624. The number of anilines is 1. The molecule has 0 saturated carbocycles. The summed E-state index contributed by atoms with van der Waals surface area (Å²) in [5, 5.41) is 3.61. The van der Waals surface area contributed by atoms with Crippen LogP contribution >= 0.6 is 11.3 Å². The maximum absolute atomic E-state index is 12.6. The van der Waals surface area contributed by atoms with Gasteiger partial charge in [-0.05, 0) is 24.3 Å². The molecule has 3 heterocycles. The summed E-state index contributed by atoms with van der Waals surface area (Å²) < 4.78 is 1.83. The molecule has 0 fully saturated rings. The summed E-state index contributed by atoms with van der Waals surface area (Å²) in [4.78, 5) is 34.1. The summed E-state index contributed by atoms with van der Waals surface area (Å²) in [6.07, 6.45) is 3.10. The number of nitrogens with one attached hydrogen (secondary N) is 1. The zero-order chi connectivity index (χ0) is 16.5. The minimum Gasteiger partial charge on any atom is -0.325 e. The lowest BCUT2D eigenvalue weighted by Gasteiger charge is -2.06. The van der Waals surface area contributed by atoms with E-state index in [1.54, 1.807) is 18.3 Å². The number of para-hydroxylation sites is 1. The molecular formula is C17H12N4O2S. The molecule has 7 heteroatoms. The van der Waals surface area contributed by atoms with E-state index in [9.17, 15) is 9.59 Å². The number of aromatic nitrogens is 3. The molecule has 0 unspecified atom stereocenters. The molecule has 1 aromatic carbocycles. The van der Waals surface area contributed by atoms with Crippen LogP contribution in [0.25, 0.3) is 20.4 Å². The number of benzene rings is 1. The zero-order valence-corrected chi connectivity index (χ0v) is 13.3. The van der Waals surface area contributed by atoms with Gasteiger partial charge in [-0.25, -0.2) is 9.97 Å². The summed E-state index contributed by atoms with van der Waals surface area (Å²) in [6, 6.07) is 12.8. The van der Waals surface area contributed by atoms with Gasteiger partial charge in [0, 0.05) is 17.3 Å². The average Bonchev–Trinajstić information content (AvgIpc) is 2.98. The molecule has 0 radical (unpaired) electrons. The van der Waals surface area contributed by atoms with Crippen LogP contribution in [0, 0.1) is 0 Å². The van der Waals surface area contributed by atoms with Gasteiger partial charge in [0.1, 0.15) is 16.1 Å². The number of carbonyl (C=O) groups is 1. The second kappa shape index (κ2) is 5.86. The van der Waals surface area contributed by atoms with Crippen molar-refractivity contribution in [2.45, 2.75) is 6.54 Å². The van der Waals surface area contributed by atoms with Crippen LogP contribution in [0.5, 0.6) is 0 Å². The summed E-state index contributed by atoms with van der Waals surface area (Å²) in [5.74, 6) is -0.274. The number of pyridine rings is 1. The lowest BCUT2D eigenvalue weighted by Crippen LogP contribution is -2.27. The minimum absolute atomic E-state index is 0.0850. The molecule has 0 spiro atoms. The van der Waals surface area contributed by atoms with Crippen LogP contribution in [0.2, 0.25) is 0 Å². The average molecular weight is 336 g/mol. The predicted molar refractivity (Wildman–Crippen MR) is 94.3 cm³/mol. The van der Waals surface area contributed by atoms with E-state index in [1.807, 2.05) is 30.3 Å². The third kappa shape index (κ3) is 2.55. The van der Waals surface area contributed by atoms with Gasteiger partial charge in [-0.3, -0.25) is 14.2 Å². The van der Waals surface area contributed by atoms with Crippen LogP contribution in [-0.4, -0.2) is 20.4 Å². The highest BCUT2D eigenvalue weighted by atomic mass is 32.1. The van der Waals surface area contributed by atoms with Crippen molar-refractivity contribution in [3.63, 3.8) is 0 Å². The molecule has 1 amide bonds. The topological polar surface area (TPSA) is 76.9 Å². The third-order valence-electron chi connectivity index (χ3n) is 3.59. The molecule has 4 aromatic rings. The fourth-order valence-corrected chi connectivity index (χ4v) is 3.54. The van der Waals surface area contributed by atoms with Crippen molar-refractivity contribution in [3.8, 4) is 0 Å². The summed E-state index contributed by atoms with van der Waals surface area (Å²) in [7, 11) is 0. The monoisotopic (exact) mass is 336 g/mol. The van der Waals surface area contributed by atoms with Gasteiger partial charge in [-0.1, -0.05) is 18.2 Å². The molecule has 6 nitrogen and oxygen atoms in total. The molecule has 118 valence electrons. The number of thiophene rings is 1. The zero-order valence-electron chi connectivity index (χ0n) is 12.5. The lowest BCUT2D eigenvalue weighted by atomic mass is 10.3. The first-order valence-corrected chi connectivity index (χ1v) is 8.11. The molecule has 0 aliphatic carbocycles. The highest BCUT2D eigenvalue weighted by molar-refractivity contribution is 7.25. The van der Waals surface area contributed by atoms with Gasteiger partial charge in [0.25, 0.3) is 5.56 Å². The Labute approximate surface area is 140 Å². The molecule has 0 saturated heterocycles. The lowest BCUT2D eigenvalue weighted by molar-refractivity contribution is -0.116. The van der Waals surface area contributed by atoms with Crippen molar-refractivity contribution in [2.75, 3.05) is 5.32 Å². The SMILES string of the molecule is O=C(Cn1cnc2c(sc3ncccc32)c1=O)Nc1ccccc1. The van der Waals surface area contributed by atoms with E-state index in [0.717, 1.165) is 10.2 Å². The fourth-order valence-electron chi connectivity index (χ4n) is 2.49. The van der Waals surface area contributed by atoms with Gasteiger partial charge >= 0.3 is 0 Å². The third-order valence-corrected chi connectivity index (χ3v) is 4.68. The van der Waals surface area contributed by atoms with Crippen molar-refractivity contribution in [3.05, 3.63) is 65.3 Å². The second-order valence-corrected chi connectivity index (χ2v) is 6.23. The normalized spacial score (nSPS) is 11.0. The fraction of sp³-hybridized carbons (Fsp3) is 0.0588. The van der Waals surface area contributed by atoms with Crippen molar-refractivity contribution in [1.29, 1.82) is 0 Å². The summed E-state index contributed by atoms with van der Waals surface area (Å²) >= 11 is 1.29. The van der Waals surface area contributed by atoms with Crippen molar-refractivity contribution >= 4 is 43.4 Å². The van der Waals surface area contributed by atoms with Crippen molar-refractivity contribution < 1.29 is 4.79 Å². The Morgan fingerprint density at radius 2 is 1.96 bits per heavy atom. The number of amides is 1. The van der Waals surface area contributed by atoms with Gasteiger partial charge in [0.05, 0.1) is 11.8 Å². The molecule has 1 N–H and O–H groups in total. The van der Waals surface area contributed by atoms with Crippen LogP contribution in [0.3, 0.4) is 0 Å². The first-order valence-electron chi connectivity index (χ1n) is 7.30. The van der Waals surface area contributed by atoms with Crippen LogP contribution < -0.4 is 10.9 Å². The minimum atomic E-state index is -0.274. The van der Waals surface area contributed by atoms with E-state index >= 15 is 0 Å². The van der Waals surface area contributed by atoms with E-state index < -0.39 is 0 Å². The van der Waals surface area contributed by atoms with Crippen molar-refractivity contribution in [2.24, 2.45) is 0 Å². The standard InChI is InChI=1S/C17H12N4O2S/c22-13(20-11-5-2-1-3-6-11)9-21-10-19-14-12-7-4-8-18-16(12)24-15(14)17(21)23/h1-8,10H,9H2,(H,20,22).